The van der Waals surface area contributed by atoms with E-state index in [4.69, 9.17) is 5.73 Å². The van der Waals surface area contributed by atoms with Crippen LogP contribution in [0.15, 0.2) is 30.5 Å². The minimum absolute atomic E-state index is 0.0761. The third kappa shape index (κ3) is 3.85. The Morgan fingerprint density at radius 1 is 1.29 bits per heavy atom. The number of H-pyrrole nitrogens is 1. The van der Waals surface area contributed by atoms with Gasteiger partial charge in [-0.05, 0) is 29.9 Å². The Bertz CT molecular complexity index is 603. The van der Waals surface area contributed by atoms with Gasteiger partial charge >= 0.3 is 0 Å². The van der Waals surface area contributed by atoms with E-state index in [9.17, 15) is 4.79 Å². The van der Waals surface area contributed by atoms with Crippen molar-refractivity contribution in [3.8, 4) is 0 Å². The molecular weight excluding hydrogens is 262 g/mol. The molecule has 1 amide bonds. The molecule has 4 heteroatoms. The van der Waals surface area contributed by atoms with Crippen LogP contribution in [0, 0.1) is 11.8 Å². The number of amides is 1. The number of carbonyl (C=O) groups excluding carboxylic acids is 1. The summed E-state index contributed by atoms with van der Waals surface area (Å²) in [7, 11) is 0. The Kier molecular flexibility index (Phi) is 5.02. The zero-order valence-electron chi connectivity index (χ0n) is 13.0. The number of fused-ring (bicyclic) bond motifs is 1. The Morgan fingerprint density at radius 2 is 2.00 bits per heavy atom. The molecule has 114 valence electrons. The first-order chi connectivity index (χ1) is 9.99. The summed E-state index contributed by atoms with van der Waals surface area (Å²) in [5, 5.41) is 4.09. The molecule has 0 aliphatic rings. The van der Waals surface area contributed by atoms with Crippen LogP contribution in [-0.4, -0.2) is 23.5 Å². The molecule has 2 atom stereocenters. The van der Waals surface area contributed by atoms with Crippen molar-refractivity contribution >= 4 is 16.8 Å². The van der Waals surface area contributed by atoms with Gasteiger partial charge in [0.15, 0.2) is 0 Å². The van der Waals surface area contributed by atoms with Gasteiger partial charge in [-0.25, -0.2) is 0 Å². The lowest BCUT2D eigenvalue weighted by atomic mass is 9.98. The number of nitrogens with two attached hydrogens (primary N) is 1. The molecule has 4 N–H and O–H groups in total. The summed E-state index contributed by atoms with van der Waals surface area (Å²) in [5.74, 6) is 0.928. The maximum absolute atomic E-state index is 12.1. The average Bonchev–Trinajstić information content (AvgIpc) is 2.87. The van der Waals surface area contributed by atoms with E-state index in [2.05, 4.69) is 31.1 Å². The monoisotopic (exact) mass is 287 g/mol. The maximum atomic E-state index is 12.1. The van der Waals surface area contributed by atoms with Crippen LogP contribution < -0.4 is 11.1 Å². The van der Waals surface area contributed by atoms with Gasteiger partial charge in [-0.1, -0.05) is 39.0 Å². The molecule has 0 bridgehead atoms. The van der Waals surface area contributed by atoms with Crippen LogP contribution >= 0.6 is 0 Å². The van der Waals surface area contributed by atoms with Crippen molar-refractivity contribution < 1.29 is 4.79 Å². The van der Waals surface area contributed by atoms with Crippen molar-refractivity contribution in [2.24, 2.45) is 17.6 Å². The summed E-state index contributed by atoms with van der Waals surface area (Å²) in [6.07, 6.45) is 2.49. The number of aromatic amines is 1. The van der Waals surface area contributed by atoms with Crippen LogP contribution in [0.25, 0.3) is 10.9 Å². The standard InChI is InChI=1S/C17H25N3O/c1-11(2)12(3)9-20-17(21)15(18)8-13-10-19-16-7-5-4-6-14(13)16/h4-7,10-12,15,19H,8-9,18H2,1-3H3,(H,20,21). The zero-order valence-corrected chi connectivity index (χ0v) is 13.0. The minimum Gasteiger partial charge on any atom is -0.361 e. The lowest BCUT2D eigenvalue weighted by Crippen LogP contribution is -2.43. The number of carbonyl (C=O) groups is 1. The van der Waals surface area contributed by atoms with E-state index in [1.807, 2.05) is 30.5 Å². The predicted molar refractivity (Wildman–Crippen MR) is 87.0 cm³/mol. The van der Waals surface area contributed by atoms with E-state index in [1.165, 1.54) is 0 Å². The molecule has 0 radical (unpaired) electrons. The number of nitrogens with one attached hydrogen (secondary N) is 2. The second kappa shape index (κ2) is 6.76. The van der Waals surface area contributed by atoms with Crippen LogP contribution in [0.3, 0.4) is 0 Å². The molecule has 0 aliphatic heterocycles. The van der Waals surface area contributed by atoms with Crippen LogP contribution in [0.1, 0.15) is 26.3 Å². The third-order valence-corrected chi connectivity index (χ3v) is 4.19. The first kappa shape index (κ1) is 15.6. The van der Waals surface area contributed by atoms with Crippen molar-refractivity contribution in [1.29, 1.82) is 0 Å². The number of aromatic nitrogens is 1. The Morgan fingerprint density at radius 3 is 2.71 bits per heavy atom. The molecule has 1 heterocycles. The van der Waals surface area contributed by atoms with Crippen LogP contribution in [0.2, 0.25) is 0 Å². The van der Waals surface area contributed by atoms with Gasteiger partial charge in [0.2, 0.25) is 5.91 Å². The van der Waals surface area contributed by atoms with E-state index in [1.54, 1.807) is 0 Å². The van der Waals surface area contributed by atoms with Gasteiger partial charge < -0.3 is 16.0 Å². The SMILES string of the molecule is CC(C)C(C)CNC(=O)C(N)Cc1c[nH]c2ccccc12. The minimum atomic E-state index is -0.511. The first-order valence-corrected chi connectivity index (χ1v) is 7.57. The van der Waals surface area contributed by atoms with Gasteiger partial charge in [-0.2, -0.15) is 0 Å². The summed E-state index contributed by atoms with van der Waals surface area (Å²) in [6, 6.07) is 7.54. The van der Waals surface area contributed by atoms with Gasteiger partial charge in [0, 0.05) is 23.6 Å². The Labute approximate surface area is 126 Å². The van der Waals surface area contributed by atoms with Crippen molar-refractivity contribution in [2.45, 2.75) is 33.2 Å². The van der Waals surface area contributed by atoms with Crippen molar-refractivity contribution in [3.05, 3.63) is 36.0 Å². The van der Waals surface area contributed by atoms with Crippen LogP contribution in [0.4, 0.5) is 0 Å². The Hall–Kier alpha value is -1.81. The molecule has 2 unspecified atom stereocenters. The molecule has 0 saturated heterocycles. The lowest BCUT2D eigenvalue weighted by molar-refractivity contribution is -0.122. The summed E-state index contributed by atoms with van der Waals surface area (Å²) in [5.41, 5.74) is 8.20. The topological polar surface area (TPSA) is 70.9 Å². The fourth-order valence-corrected chi connectivity index (χ4v) is 2.26. The molecule has 4 nitrogen and oxygen atoms in total. The lowest BCUT2D eigenvalue weighted by Gasteiger charge is -2.18. The molecule has 2 aromatic rings. The molecule has 0 saturated carbocycles. The van der Waals surface area contributed by atoms with Gasteiger partial charge in [-0.15, -0.1) is 0 Å². The second-order valence-electron chi connectivity index (χ2n) is 6.14. The van der Waals surface area contributed by atoms with Crippen LogP contribution in [0.5, 0.6) is 0 Å². The largest absolute Gasteiger partial charge is 0.361 e. The van der Waals surface area contributed by atoms with Crippen molar-refractivity contribution in [3.63, 3.8) is 0 Å². The summed E-state index contributed by atoms with van der Waals surface area (Å²) in [6.45, 7) is 7.12. The maximum Gasteiger partial charge on any atom is 0.237 e. The quantitative estimate of drug-likeness (QED) is 0.763. The molecule has 2 rings (SSSR count). The van der Waals surface area contributed by atoms with Crippen molar-refractivity contribution in [2.75, 3.05) is 6.54 Å². The third-order valence-electron chi connectivity index (χ3n) is 4.19. The summed E-state index contributed by atoms with van der Waals surface area (Å²) < 4.78 is 0. The van der Waals surface area contributed by atoms with Crippen LogP contribution in [-0.2, 0) is 11.2 Å². The van der Waals surface area contributed by atoms with Gasteiger partial charge in [-0.3, -0.25) is 4.79 Å². The highest BCUT2D eigenvalue weighted by Crippen LogP contribution is 2.18. The summed E-state index contributed by atoms with van der Waals surface area (Å²) in [4.78, 5) is 15.3. The highest BCUT2D eigenvalue weighted by Gasteiger charge is 2.17. The zero-order chi connectivity index (χ0) is 15.4. The number of benzene rings is 1. The van der Waals surface area contributed by atoms with E-state index in [-0.39, 0.29) is 5.91 Å². The van der Waals surface area contributed by atoms with E-state index in [0.717, 1.165) is 16.5 Å². The Balaban J connectivity index is 1.94. The average molecular weight is 287 g/mol. The normalized spacial score (nSPS) is 14.3. The van der Waals surface area contributed by atoms with Gasteiger partial charge in [0.1, 0.15) is 0 Å². The van der Waals surface area contributed by atoms with Gasteiger partial charge in [0.25, 0.3) is 0 Å². The smallest absolute Gasteiger partial charge is 0.237 e. The number of hydrogen-bond donors (Lipinski definition) is 3. The molecule has 1 aromatic carbocycles. The summed E-state index contributed by atoms with van der Waals surface area (Å²) >= 11 is 0. The number of hydrogen-bond acceptors (Lipinski definition) is 2. The second-order valence-corrected chi connectivity index (χ2v) is 6.14. The molecular formula is C17H25N3O. The predicted octanol–water partition coefficient (Wildman–Crippen LogP) is 2.45. The molecule has 0 fully saturated rings. The molecule has 0 aliphatic carbocycles. The highest BCUT2D eigenvalue weighted by molar-refractivity contribution is 5.86. The highest BCUT2D eigenvalue weighted by atomic mass is 16.2. The number of para-hydroxylation sites is 1. The molecule has 21 heavy (non-hydrogen) atoms. The van der Waals surface area contributed by atoms with Gasteiger partial charge in [0.05, 0.1) is 6.04 Å². The van der Waals surface area contributed by atoms with E-state index >= 15 is 0 Å². The molecule has 1 aromatic heterocycles. The van der Waals surface area contributed by atoms with Crippen molar-refractivity contribution in [1.82, 2.24) is 10.3 Å². The molecule has 0 spiro atoms. The fraction of sp³-hybridized carbons (Fsp3) is 0.471. The van der Waals surface area contributed by atoms with E-state index < -0.39 is 6.04 Å². The first-order valence-electron chi connectivity index (χ1n) is 7.57. The number of rotatable bonds is 6. The fourth-order valence-electron chi connectivity index (χ4n) is 2.26. The van der Waals surface area contributed by atoms with E-state index in [0.29, 0.717) is 24.8 Å².